The maximum atomic E-state index is 13.0. The lowest BCUT2D eigenvalue weighted by Crippen LogP contribution is -2.36. The van der Waals surface area contributed by atoms with E-state index in [9.17, 15) is 4.39 Å². The first-order valence-corrected chi connectivity index (χ1v) is 8.67. The molecular weight excluding hydrogens is 349 g/mol. The zero-order chi connectivity index (χ0) is 19.6. The number of halogens is 1. The number of hydrogen-bond donors (Lipinski definition) is 2. The van der Waals surface area contributed by atoms with Gasteiger partial charge in [-0.25, -0.2) is 4.39 Å². The molecule has 0 aromatic heterocycles. The van der Waals surface area contributed by atoms with E-state index in [1.807, 2.05) is 19.1 Å². The lowest BCUT2D eigenvalue weighted by atomic mass is 10.1. The first kappa shape index (κ1) is 20.4. The standard InChI is InChI=1S/C20H26FN3O3/c1-5-27-19-17(25-3)10-15(11-18(19)26-4)13-24-20(22-2)23-12-14-6-8-16(21)9-7-14/h6-11H,5,12-13H2,1-4H3,(H2,22,23,24). The summed E-state index contributed by atoms with van der Waals surface area (Å²) in [5, 5.41) is 6.43. The Morgan fingerprint density at radius 3 is 2.00 bits per heavy atom. The lowest BCUT2D eigenvalue weighted by Gasteiger charge is -2.16. The van der Waals surface area contributed by atoms with Crippen molar-refractivity contribution in [1.29, 1.82) is 0 Å². The molecule has 0 heterocycles. The van der Waals surface area contributed by atoms with E-state index in [0.29, 0.717) is 42.9 Å². The Morgan fingerprint density at radius 2 is 1.52 bits per heavy atom. The molecule has 0 amide bonds. The zero-order valence-corrected chi connectivity index (χ0v) is 16.1. The fourth-order valence-electron chi connectivity index (χ4n) is 2.52. The fraction of sp³-hybridized carbons (Fsp3) is 0.350. The summed E-state index contributed by atoms with van der Waals surface area (Å²) in [4.78, 5) is 4.20. The smallest absolute Gasteiger partial charge is 0.203 e. The average molecular weight is 375 g/mol. The van der Waals surface area contributed by atoms with Crippen LogP contribution in [-0.2, 0) is 13.1 Å². The van der Waals surface area contributed by atoms with Crippen molar-refractivity contribution in [2.24, 2.45) is 4.99 Å². The SMILES string of the molecule is CCOc1c(OC)cc(CNC(=NC)NCc2ccc(F)cc2)cc1OC. The van der Waals surface area contributed by atoms with Gasteiger partial charge in [-0.1, -0.05) is 12.1 Å². The highest BCUT2D eigenvalue weighted by molar-refractivity contribution is 5.79. The third-order valence-corrected chi connectivity index (χ3v) is 3.87. The second-order valence-corrected chi connectivity index (χ2v) is 5.67. The van der Waals surface area contributed by atoms with Gasteiger partial charge in [0.15, 0.2) is 17.5 Å². The molecule has 0 radical (unpaired) electrons. The molecule has 0 unspecified atom stereocenters. The van der Waals surface area contributed by atoms with E-state index in [-0.39, 0.29) is 5.82 Å². The van der Waals surface area contributed by atoms with Gasteiger partial charge < -0.3 is 24.8 Å². The highest BCUT2D eigenvalue weighted by Gasteiger charge is 2.14. The number of hydrogen-bond acceptors (Lipinski definition) is 4. The van der Waals surface area contributed by atoms with Gasteiger partial charge in [-0.3, -0.25) is 4.99 Å². The molecule has 7 heteroatoms. The van der Waals surface area contributed by atoms with E-state index in [1.54, 1.807) is 33.4 Å². The van der Waals surface area contributed by atoms with Crippen molar-refractivity contribution in [3.8, 4) is 17.2 Å². The number of methoxy groups -OCH3 is 2. The summed E-state index contributed by atoms with van der Waals surface area (Å²) in [6, 6.07) is 10.1. The minimum atomic E-state index is -0.250. The molecule has 0 saturated carbocycles. The van der Waals surface area contributed by atoms with Crippen LogP contribution in [0.5, 0.6) is 17.2 Å². The van der Waals surface area contributed by atoms with Crippen LogP contribution < -0.4 is 24.8 Å². The van der Waals surface area contributed by atoms with Crippen LogP contribution in [0.4, 0.5) is 4.39 Å². The summed E-state index contributed by atoms with van der Waals surface area (Å²) in [5.41, 5.74) is 1.92. The monoisotopic (exact) mass is 375 g/mol. The van der Waals surface area contributed by atoms with Gasteiger partial charge in [0.25, 0.3) is 0 Å². The first-order valence-electron chi connectivity index (χ1n) is 8.67. The molecule has 27 heavy (non-hydrogen) atoms. The minimum absolute atomic E-state index is 0.250. The predicted molar refractivity (Wildman–Crippen MR) is 104 cm³/mol. The van der Waals surface area contributed by atoms with Crippen LogP contribution in [0.15, 0.2) is 41.4 Å². The highest BCUT2D eigenvalue weighted by atomic mass is 19.1. The minimum Gasteiger partial charge on any atom is -0.493 e. The van der Waals surface area contributed by atoms with Crippen molar-refractivity contribution in [3.05, 3.63) is 53.3 Å². The molecule has 2 N–H and O–H groups in total. The Balaban J connectivity index is 2.01. The molecule has 2 aromatic rings. The number of nitrogens with zero attached hydrogens (tertiary/aromatic N) is 1. The van der Waals surface area contributed by atoms with Crippen molar-refractivity contribution in [3.63, 3.8) is 0 Å². The second kappa shape index (κ2) is 10.3. The first-order chi connectivity index (χ1) is 13.1. The van der Waals surface area contributed by atoms with E-state index >= 15 is 0 Å². The van der Waals surface area contributed by atoms with Gasteiger partial charge in [0.2, 0.25) is 5.75 Å². The molecule has 0 aliphatic rings. The Morgan fingerprint density at radius 1 is 0.963 bits per heavy atom. The molecule has 0 aliphatic carbocycles. The van der Waals surface area contributed by atoms with Crippen LogP contribution in [0.1, 0.15) is 18.1 Å². The fourth-order valence-corrected chi connectivity index (χ4v) is 2.52. The van der Waals surface area contributed by atoms with Gasteiger partial charge in [0, 0.05) is 20.1 Å². The van der Waals surface area contributed by atoms with Crippen molar-refractivity contribution in [1.82, 2.24) is 10.6 Å². The molecule has 0 aliphatic heterocycles. The van der Waals surface area contributed by atoms with Gasteiger partial charge in [-0.05, 0) is 42.3 Å². The number of benzene rings is 2. The molecule has 146 valence electrons. The average Bonchev–Trinajstić information content (AvgIpc) is 2.70. The Labute approximate surface area is 159 Å². The summed E-state index contributed by atoms with van der Waals surface area (Å²) in [7, 11) is 4.88. The van der Waals surface area contributed by atoms with Gasteiger partial charge in [-0.15, -0.1) is 0 Å². The van der Waals surface area contributed by atoms with E-state index in [2.05, 4.69) is 15.6 Å². The summed E-state index contributed by atoms with van der Waals surface area (Å²) in [6.07, 6.45) is 0. The van der Waals surface area contributed by atoms with E-state index in [4.69, 9.17) is 14.2 Å². The van der Waals surface area contributed by atoms with Gasteiger partial charge in [0.1, 0.15) is 5.82 Å². The third-order valence-electron chi connectivity index (χ3n) is 3.87. The van der Waals surface area contributed by atoms with Crippen LogP contribution >= 0.6 is 0 Å². The number of guanidine groups is 1. The Kier molecular flexibility index (Phi) is 7.73. The number of aliphatic imine (C=N–C) groups is 1. The van der Waals surface area contributed by atoms with Gasteiger partial charge in [0.05, 0.1) is 20.8 Å². The number of rotatable bonds is 8. The maximum Gasteiger partial charge on any atom is 0.203 e. The van der Waals surface area contributed by atoms with Crippen LogP contribution in [0.25, 0.3) is 0 Å². The predicted octanol–water partition coefficient (Wildman–Crippen LogP) is 3.11. The highest BCUT2D eigenvalue weighted by Crippen LogP contribution is 2.38. The van der Waals surface area contributed by atoms with Crippen molar-refractivity contribution in [2.75, 3.05) is 27.9 Å². The molecule has 0 spiro atoms. The second-order valence-electron chi connectivity index (χ2n) is 5.67. The quantitative estimate of drug-likeness (QED) is 0.548. The maximum absolute atomic E-state index is 13.0. The zero-order valence-electron chi connectivity index (χ0n) is 16.1. The van der Waals surface area contributed by atoms with Crippen LogP contribution in [0, 0.1) is 5.82 Å². The molecular formula is C20H26FN3O3. The topological polar surface area (TPSA) is 64.1 Å². The largest absolute Gasteiger partial charge is 0.493 e. The van der Waals surface area contributed by atoms with Gasteiger partial charge >= 0.3 is 0 Å². The molecule has 0 bridgehead atoms. The molecule has 2 aromatic carbocycles. The van der Waals surface area contributed by atoms with Crippen molar-refractivity contribution in [2.45, 2.75) is 20.0 Å². The lowest BCUT2D eigenvalue weighted by molar-refractivity contribution is 0.288. The molecule has 0 saturated heterocycles. The summed E-state index contributed by atoms with van der Waals surface area (Å²) >= 11 is 0. The molecule has 0 fully saturated rings. The van der Waals surface area contributed by atoms with E-state index < -0.39 is 0 Å². The van der Waals surface area contributed by atoms with Crippen molar-refractivity contribution >= 4 is 5.96 Å². The number of nitrogens with one attached hydrogen (secondary N) is 2. The molecule has 0 atom stereocenters. The van der Waals surface area contributed by atoms with Gasteiger partial charge in [-0.2, -0.15) is 0 Å². The summed E-state index contributed by atoms with van der Waals surface area (Å²) in [6.45, 7) is 3.48. The molecule has 2 rings (SSSR count). The van der Waals surface area contributed by atoms with E-state index in [0.717, 1.165) is 11.1 Å². The van der Waals surface area contributed by atoms with Crippen molar-refractivity contribution < 1.29 is 18.6 Å². The third kappa shape index (κ3) is 5.77. The van der Waals surface area contributed by atoms with Crippen LogP contribution in [0.3, 0.4) is 0 Å². The van der Waals surface area contributed by atoms with E-state index in [1.165, 1.54) is 12.1 Å². The van der Waals surface area contributed by atoms with Crippen LogP contribution in [-0.4, -0.2) is 33.8 Å². The number of ether oxygens (including phenoxy) is 3. The summed E-state index contributed by atoms with van der Waals surface area (Å²) < 4.78 is 29.4. The normalized spacial score (nSPS) is 11.1. The Bertz CT molecular complexity index is 739. The van der Waals surface area contributed by atoms with Crippen LogP contribution in [0.2, 0.25) is 0 Å². The Hall–Kier alpha value is -2.96. The molecule has 6 nitrogen and oxygen atoms in total. The summed E-state index contributed by atoms with van der Waals surface area (Å²) in [5.74, 6) is 2.19.